The van der Waals surface area contributed by atoms with Gasteiger partial charge in [0.1, 0.15) is 0 Å². The van der Waals surface area contributed by atoms with E-state index in [1.807, 2.05) is 23.1 Å². The van der Waals surface area contributed by atoms with Crippen molar-refractivity contribution >= 4 is 11.5 Å². The molecule has 104 valence electrons. The van der Waals surface area contributed by atoms with Gasteiger partial charge >= 0.3 is 0 Å². The van der Waals surface area contributed by atoms with Crippen molar-refractivity contribution in [2.45, 2.75) is 33.0 Å². The van der Waals surface area contributed by atoms with Crippen molar-refractivity contribution in [3.63, 3.8) is 0 Å². The van der Waals surface area contributed by atoms with Crippen molar-refractivity contribution in [1.29, 1.82) is 0 Å². The van der Waals surface area contributed by atoms with E-state index in [1.165, 1.54) is 11.1 Å². The van der Waals surface area contributed by atoms with Crippen LogP contribution in [0, 0.1) is 0 Å². The molecule has 0 spiro atoms. The summed E-state index contributed by atoms with van der Waals surface area (Å²) in [6.45, 7) is 4.19. The number of anilines is 2. The minimum Gasteiger partial charge on any atom is -0.399 e. The molecule has 0 saturated carbocycles. The van der Waals surface area contributed by atoms with E-state index in [9.17, 15) is 4.79 Å². The number of aryl methyl sites for hydroxylation is 1. The SMILES string of the molecule is CCCn1ccnc(N2Cc3ccc(N)cc3C2)c1=O. The van der Waals surface area contributed by atoms with Gasteiger partial charge in [-0.05, 0) is 29.7 Å². The number of nitrogen functional groups attached to an aromatic ring is 1. The Kier molecular flexibility index (Phi) is 3.18. The quantitative estimate of drug-likeness (QED) is 0.863. The average molecular weight is 270 g/mol. The molecule has 0 aliphatic carbocycles. The smallest absolute Gasteiger partial charge is 0.293 e. The van der Waals surface area contributed by atoms with Crippen LogP contribution in [0.3, 0.4) is 0 Å². The van der Waals surface area contributed by atoms with Crippen molar-refractivity contribution in [3.8, 4) is 0 Å². The summed E-state index contributed by atoms with van der Waals surface area (Å²) in [5.74, 6) is 0.524. The first-order valence-corrected chi connectivity index (χ1v) is 6.86. The van der Waals surface area contributed by atoms with Crippen LogP contribution in [0.5, 0.6) is 0 Å². The molecule has 2 heterocycles. The van der Waals surface area contributed by atoms with Crippen LogP contribution in [0.4, 0.5) is 11.5 Å². The Balaban J connectivity index is 1.93. The summed E-state index contributed by atoms with van der Waals surface area (Å²) in [6.07, 6.45) is 4.38. The molecule has 2 N–H and O–H groups in total. The Morgan fingerprint density at radius 3 is 2.90 bits per heavy atom. The van der Waals surface area contributed by atoms with Gasteiger partial charge in [0, 0.05) is 37.7 Å². The van der Waals surface area contributed by atoms with Gasteiger partial charge in [0.15, 0.2) is 5.82 Å². The van der Waals surface area contributed by atoms with E-state index in [2.05, 4.69) is 11.9 Å². The van der Waals surface area contributed by atoms with E-state index in [0.717, 1.165) is 18.7 Å². The van der Waals surface area contributed by atoms with E-state index in [-0.39, 0.29) is 5.56 Å². The fourth-order valence-electron chi connectivity index (χ4n) is 2.63. The minimum absolute atomic E-state index is 0.0184. The van der Waals surface area contributed by atoms with Gasteiger partial charge in [-0.25, -0.2) is 4.98 Å². The van der Waals surface area contributed by atoms with Gasteiger partial charge < -0.3 is 15.2 Å². The lowest BCUT2D eigenvalue weighted by molar-refractivity contribution is 0.642. The number of aromatic nitrogens is 2. The zero-order valence-corrected chi connectivity index (χ0v) is 11.5. The van der Waals surface area contributed by atoms with Crippen molar-refractivity contribution in [1.82, 2.24) is 9.55 Å². The van der Waals surface area contributed by atoms with Crippen molar-refractivity contribution < 1.29 is 0 Å². The summed E-state index contributed by atoms with van der Waals surface area (Å²) in [6, 6.07) is 5.90. The highest BCUT2D eigenvalue weighted by atomic mass is 16.1. The van der Waals surface area contributed by atoms with Crippen LogP contribution in [-0.2, 0) is 19.6 Å². The number of hydrogen-bond acceptors (Lipinski definition) is 4. The van der Waals surface area contributed by atoms with E-state index >= 15 is 0 Å². The summed E-state index contributed by atoms with van der Waals surface area (Å²) in [4.78, 5) is 18.7. The Labute approximate surface area is 117 Å². The summed E-state index contributed by atoms with van der Waals surface area (Å²) >= 11 is 0. The minimum atomic E-state index is -0.0184. The molecule has 0 fully saturated rings. The molecule has 3 rings (SSSR count). The molecule has 5 nitrogen and oxygen atoms in total. The van der Waals surface area contributed by atoms with Gasteiger partial charge in [0.2, 0.25) is 0 Å². The third kappa shape index (κ3) is 2.15. The predicted octanol–water partition coefficient (Wildman–Crippen LogP) is 1.76. The zero-order valence-electron chi connectivity index (χ0n) is 11.5. The van der Waals surface area contributed by atoms with Gasteiger partial charge in [-0.15, -0.1) is 0 Å². The van der Waals surface area contributed by atoms with Crippen LogP contribution < -0.4 is 16.2 Å². The Morgan fingerprint density at radius 1 is 1.30 bits per heavy atom. The maximum absolute atomic E-state index is 12.4. The van der Waals surface area contributed by atoms with E-state index < -0.39 is 0 Å². The standard InChI is InChI=1S/C15H18N4O/c1-2-6-18-7-5-17-14(15(18)20)19-9-11-3-4-13(16)8-12(11)10-19/h3-5,7-8H,2,6,9-10,16H2,1H3. The van der Waals surface area contributed by atoms with Gasteiger partial charge in [0.05, 0.1) is 0 Å². The third-order valence-electron chi connectivity index (χ3n) is 3.61. The largest absolute Gasteiger partial charge is 0.399 e. The third-order valence-corrected chi connectivity index (χ3v) is 3.61. The number of nitrogens with two attached hydrogens (primary N) is 1. The van der Waals surface area contributed by atoms with Crippen LogP contribution in [0.2, 0.25) is 0 Å². The first-order chi connectivity index (χ1) is 9.69. The molecule has 0 atom stereocenters. The molecule has 0 amide bonds. The first kappa shape index (κ1) is 12.7. The highest BCUT2D eigenvalue weighted by molar-refractivity contribution is 5.52. The molecule has 1 aliphatic rings. The maximum atomic E-state index is 12.4. The molecular weight excluding hydrogens is 252 g/mol. The number of benzene rings is 1. The second-order valence-corrected chi connectivity index (χ2v) is 5.13. The molecule has 1 aromatic carbocycles. The second-order valence-electron chi connectivity index (χ2n) is 5.13. The Bertz CT molecular complexity index is 693. The van der Waals surface area contributed by atoms with E-state index in [0.29, 0.717) is 18.9 Å². The van der Waals surface area contributed by atoms with Gasteiger partial charge in [-0.3, -0.25) is 4.79 Å². The molecule has 0 saturated heterocycles. The van der Waals surface area contributed by atoms with E-state index in [4.69, 9.17) is 5.73 Å². The fourth-order valence-corrected chi connectivity index (χ4v) is 2.63. The van der Waals surface area contributed by atoms with Crippen LogP contribution in [0.15, 0.2) is 35.4 Å². The highest BCUT2D eigenvalue weighted by Crippen LogP contribution is 2.26. The first-order valence-electron chi connectivity index (χ1n) is 6.86. The van der Waals surface area contributed by atoms with Crippen LogP contribution in [0.1, 0.15) is 24.5 Å². The lowest BCUT2D eigenvalue weighted by atomic mass is 10.1. The highest BCUT2D eigenvalue weighted by Gasteiger charge is 2.22. The lowest BCUT2D eigenvalue weighted by Gasteiger charge is -2.16. The van der Waals surface area contributed by atoms with Crippen molar-refractivity contribution in [2.75, 3.05) is 10.6 Å². The average Bonchev–Trinajstić information content (AvgIpc) is 2.84. The van der Waals surface area contributed by atoms with Crippen molar-refractivity contribution in [2.24, 2.45) is 0 Å². The van der Waals surface area contributed by atoms with Gasteiger partial charge in [-0.2, -0.15) is 0 Å². The van der Waals surface area contributed by atoms with Crippen molar-refractivity contribution in [3.05, 3.63) is 52.1 Å². The zero-order chi connectivity index (χ0) is 14.1. The lowest BCUT2D eigenvalue weighted by Crippen LogP contribution is -2.29. The van der Waals surface area contributed by atoms with Crippen LogP contribution in [-0.4, -0.2) is 9.55 Å². The molecule has 5 heteroatoms. The van der Waals surface area contributed by atoms with Crippen LogP contribution in [0.25, 0.3) is 0 Å². The second kappa shape index (κ2) is 5.00. The van der Waals surface area contributed by atoms with E-state index in [1.54, 1.807) is 17.0 Å². The van der Waals surface area contributed by atoms with Gasteiger partial charge in [0.25, 0.3) is 5.56 Å². The molecule has 0 bridgehead atoms. The number of rotatable bonds is 3. The summed E-state index contributed by atoms with van der Waals surface area (Å²) in [7, 11) is 0. The monoisotopic (exact) mass is 270 g/mol. The Morgan fingerprint density at radius 2 is 2.10 bits per heavy atom. The molecule has 1 aromatic heterocycles. The Hall–Kier alpha value is -2.30. The summed E-state index contributed by atoms with van der Waals surface area (Å²) < 4.78 is 1.72. The number of hydrogen-bond donors (Lipinski definition) is 1. The number of nitrogens with zero attached hydrogens (tertiary/aromatic N) is 3. The fraction of sp³-hybridized carbons (Fsp3) is 0.333. The maximum Gasteiger partial charge on any atom is 0.293 e. The molecule has 0 radical (unpaired) electrons. The predicted molar refractivity (Wildman–Crippen MR) is 79.5 cm³/mol. The van der Waals surface area contributed by atoms with Gasteiger partial charge in [-0.1, -0.05) is 13.0 Å². The normalized spacial score (nSPS) is 13.6. The van der Waals surface area contributed by atoms with Crippen LogP contribution >= 0.6 is 0 Å². The molecule has 0 unspecified atom stereocenters. The summed E-state index contributed by atoms with van der Waals surface area (Å²) in [5, 5.41) is 0. The molecular formula is C15H18N4O. The number of fused-ring (bicyclic) bond motifs is 1. The molecule has 1 aliphatic heterocycles. The molecule has 20 heavy (non-hydrogen) atoms. The summed E-state index contributed by atoms with van der Waals surface area (Å²) in [5.41, 5.74) is 8.94. The molecule has 2 aromatic rings. The topological polar surface area (TPSA) is 64.2 Å².